The topological polar surface area (TPSA) is 76.5 Å². The Balaban J connectivity index is 1.41. The largest absolute Gasteiger partial charge is 0.482 e. The second-order valence-electron chi connectivity index (χ2n) is 6.61. The molecule has 1 N–H and O–H groups in total. The van der Waals surface area contributed by atoms with Gasteiger partial charge in [0.05, 0.1) is 11.4 Å². The van der Waals surface area contributed by atoms with Crippen molar-refractivity contribution in [2.75, 3.05) is 23.4 Å². The van der Waals surface area contributed by atoms with Gasteiger partial charge in [-0.1, -0.05) is 12.1 Å². The van der Waals surface area contributed by atoms with E-state index in [0.29, 0.717) is 28.6 Å². The van der Waals surface area contributed by atoms with Gasteiger partial charge in [0, 0.05) is 31.0 Å². The molecule has 0 aliphatic carbocycles. The monoisotopic (exact) mass is 394 g/mol. The lowest BCUT2D eigenvalue weighted by molar-refractivity contribution is -0.121. The van der Waals surface area contributed by atoms with E-state index in [4.69, 9.17) is 4.74 Å². The first-order valence-corrected chi connectivity index (χ1v) is 9.15. The van der Waals surface area contributed by atoms with Gasteiger partial charge in [-0.3, -0.25) is 9.59 Å². The van der Waals surface area contributed by atoms with Crippen LogP contribution in [-0.2, 0) is 9.59 Å². The van der Waals surface area contributed by atoms with Crippen molar-refractivity contribution in [3.8, 4) is 11.4 Å². The highest BCUT2D eigenvalue weighted by molar-refractivity contribution is 5.99. The Bertz CT molecular complexity index is 1080. The average molecular weight is 394 g/mol. The van der Waals surface area contributed by atoms with Gasteiger partial charge in [-0.15, -0.1) is 0 Å². The van der Waals surface area contributed by atoms with Gasteiger partial charge in [-0.05, 0) is 37.3 Å². The SMILES string of the molecule is Cc1nccn1-c1ccc(NC(=O)CCN2C(=O)COc3ccccc32)cc1F. The van der Waals surface area contributed by atoms with Crippen LogP contribution < -0.4 is 15.0 Å². The van der Waals surface area contributed by atoms with Crippen LogP contribution in [0.15, 0.2) is 54.9 Å². The molecule has 1 aliphatic rings. The molecular weight excluding hydrogens is 375 g/mol. The minimum absolute atomic E-state index is 0.0566. The van der Waals surface area contributed by atoms with E-state index >= 15 is 0 Å². The minimum Gasteiger partial charge on any atom is -0.482 e. The Morgan fingerprint density at radius 3 is 2.83 bits per heavy atom. The van der Waals surface area contributed by atoms with E-state index in [2.05, 4.69) is 10.3 Å². The molecule has 2 amide bonds. The molecular formula is C21H19FN4O3. The quantitative estimate of drug-likeness (QED) is 0.722. The number of carbonyl (C=O) groups excluding carboxylic acids is 2. The first-order valence-electron chi connectivity index (χ1n) is 9.15. The summed E-state index contributed by atoms with van der Waals surface area (Å²) in [5.74, 6) is 0.285. The number of rotatable bonds is 5. The molecule has 0 radical (unpaired) electrons. The van der Waals surface area contributed by atoms with E-state index in [1.54, 1.807) is 54.2 Å². The number of anilines is 2. The summed E-state index contributed by atoms with van der Waals surface area (Å²) in [5, 5.41) is 2.68. The van der Waals surface area contributed by atoms with E-state index in [1.807, 2.05) is 6.07 Å². The molecule has 0 unspecified atom stereocenters. The Morgan fingerprint density at radius 1 is 1.24 bits per heavy atom. The van der Waals surface area contributed by atoms with Crippen molar-refractivity contribution in [2.24, 2.45) is 0 Å². The van der Waals surface area contributed by atoms with Gasteiger partial charge in [0.2, 0.25) is 5.91 Å². The highest BCUT2D eigenvalue weighted by atomic mass is 19.1. The second-order valence-corrected chi connectivity index (χ2v) is 6.61. The number of para-hydroxylation sites is 2. The summed E-state index contributed by atoms with van der Waals surface area (Å²) >= 11 is 0. The van der Waals surface area contributed by atoms with Crippen molar-refractivity contribution in [1.29, 1.82) is 0 Å². The molecule has 0 bridgehead atoms. The smallest absolute Gasteiger partial charge is 0.265 e. The highest BCUT2D eigenvalue weighted by Gasteiger charge is 2.25. The van der Waals surface area contributed by atoms with Crippen molar-refractivity contribution < 1.29 is 18.7 Å². The highest BCUT2D eigenvalue weighted by Crippen LogP contribution is 2.31. The number of hydrogen-bond donors (Lipinski definition) is 1. The summed E-state index contributed by atoms with van der Waals surface area (Å²) in [7, 11) is 0. The maximum absolute atomic E-state index is 14.5. The van der Waals surface area contributed by atoms with Gasteiger partial charge in [0.15, 0.2) is 6.61 Å². The second kappa shape index (κ2) is 7.75. The van der Waals surface area contributed by atoms with Gasteiger partial charge < -0.3 is 19.5 Å². The van der Waals surface area contributed by atoms with E-state index in [1.165, 1.54) is 11.0 Å². The van der Waals surface area contributed by atoms with Crippen LogP contribution in [0.25, 0.3) is 5.69 Å². The molecule has 3 aromatic rings. The van der Waals surface area contributed by atoms with Crippen LogP contribution in [0.5, 0.6) is 5.75 Å². The average Bonchev–Trinajstić information content (AvgIpc) is 3.13. The number of aryl methyl sites for hydroxylation is 1. The number of aromatic nitrogens is 2. The maximum atomic E-state index is 14.5. The third-order valence-corrected chi connectivity index (χ3v) is 4.69. The van der Waals surface area contributed by atoms with Crippen molar-refractivity contribution in [1.82, 2.24) is 9.55 Å². The molecule has 29 heavy (non-hydrogen) atoms. The molecule has 0 spiro atoms. The van der Waals surface area contributed by atoms with Crippen molar-refractivity contribution in [2.45, 2.75) is 13.3 Å². The lowest BCUT2D eigenvalue weighted by atomic mass is 10.2. The van der Waals surface area contributed by atoms with Gasteiger partial charge in [0.1, 0.15) is 17.4 Å². The van der Waals surface area contributed by atoms with E-state index in [-0.39, 0.29) is 31.4 Å². The molecule has 0 fully saturated rings. The van der Waals surface area contributed by atoms with Crippen LogP contribution in [0.2, 0.25) is 0 Å². The number of hydrogen-bond acceptors (Lipinski definition) is 4. The van der Waals surface area contributed by atoms with Gasteiger partial charge >= 0.3 is 0 Å². The zero-order chi connectivity index (χ0) is 20.4. The Hall–Kier alpha value is -3.68. The van der Waals surface area contributed by atoms with Crippen LogP contribution in [-0.4, -0.2) is 34.5 Å². The van der Waals surface area contributed by atoms with Crippen LogP contribution in [0, 0.1) is 12.7 Å². The fourth-order valence-corrected chi connectivity index (χ4v) is 3.25. The van der Waals surface area contributed by atoms with Crippen LogP contribution in [0.3, 0.4) is 0 Å². The third kappa shape index (κ3) is 3.82. The summed E-state index contributed by atoms with van der Waals surface area (Å²) < 4.78 is 21.5. The minimum atomic E-state index is -0.471. The number of halogens is 1. The molecule has 2 heterocycles. The van der Waals surface area contributed by atoms with Crippen LogP contribution in [0.4, 0.5) is 15.8 Å². The number of fused-ring (bicyclic) bond motifs is 1. The Kier molecular flexibility index (Phi) is 4.99. The zero-order valence-electron chi connectivity index (χ0n) is 15.8. The summed E-state index contributed by atoms with van der Waals surface area (Å²) in [6, 6.07) is 11.7. The number of amides is 2. The van der Waals surface area contributed by atoms with E-state index in [9.17, 15) is 14.0 Å². The summed E-state index contributed by atoms with van der Waals surface area (Å²) in [6.45, 7) is 1.93. The van der Waals surface area contributed by atoms with Gasteiger partial charge in [0.25, 0.3) is 5.91 Å². The number of benzene rings is 2. The maximum Gasteiger partial charge on any atom is 0.265 e. The molecule has 0 saturated heterocycles. The summed E-state index contributed by atoms with van der Waals surface area (Å²) in [6.07, 6.45) is 3.34. The molecule has 2 aromatic carbocycles. The van der Waals surface area contributed by atoms with E-state index < -0.39 is 5.82 Å². The molecule has 148 valence electrons. The number of nitrogens with zero attached hydrogens (tertiary/aromatic N) is 3. The third-order valence-electron chi connectivity index (χ3n) is 4.69. The van der Waals surface area contributed by atoms with Crippen LogP contribution in [0.1, 0.15) is 12.2 Å². The Morgan fingerprint density at radius 2 is 2.07 bits per heavy atom. The Labute approximate surface area is 166 Å². The molecule has 0 saturated carbocycles. The predicted octanol–water partition coefficient (Wildman–Crippen LogP) is 3.07. The number of carbonyl (C=O) groups is 2. The van der Waals surface area contributed by atoms with Crippen molar-refractivity contribution >= 4 is 23.2 Å². The zero-order valence-corrected chi connectivity index (χ0v) is 15.8. The number of nitrogens with one attached hydrogen (secondary N) is 1. The number of ether oxygens (including phenoxy) is 1. The molecule has 8 heteroatoms. The fraction of sp³-hybridized carbons (Fsp3) is 0.190. The van der Waals surface area contributed by atoms with E-state index in [0.717, 1.165) is 0 Å². The summed E-state index contributed by atoms with van der Waals surface area (Å²) in [4.78, 5) is 30.1. The van der Waals surface area contributed by atoms with Crippen molar-refractivity contribution in [3.05, 3.63) is 66.5 Å². The number of imidazole rings is 1. The van der Waals surface area contributed by atoms with Gasteiger partial charge in [-0.25, -0.2) is 9.37 Å². The lowest BCUT2D eigenvalue weighted by Gasteiger charge is -2.29. The standard InChI is InChI=1S/C21H19FN4O3/c1-14-23-9-11-25(14)17-7-6-15(12-16(17)22)24-20(27)8-10-26-18-4-2-3-5-19(18)29-13-21(26)28/h2-7,9,11-12H,8,10,13H2,1H3,(H,24,27). The predicted molar refractivity (Wildman–Crippen MR) is 106 cm³/mol. The lowest BCUT2D eigenvalue weighted by Crippen LogP contribution is -2.40. The molecule has 1 aliphatic heterocycles. The molecule has 7 nitrogen and oxygen atoms in total. The first kappa shape index (κ1) is 18.7. The fourth-order valence-electron chi connectivity index (χ4n) is 3.25. The van der Waals surface area contributed by atoms with Gasteiger partial charge in [-0.2, -0.15) is 0 Å². The normalized spacial score (nSPS) is 13.0. The van der Waals surface area contributed by atoms with Crippen molar-refractivity contribution in [3.63, 3.8) is 0 Å². The summed E-state index contributed by atoms with van der Waals surface area (Å²) in [5.41, 5.74) is 1.35. The molecule has 1 aromatic heterocycles. The molecule has 0 atom stereocenters. The first-order chi connectivity index (χ1) is 14.0. The molecule has 4 rings (SSSR count). The van der Waals surface area contributed by atoms with Crippen LogP contribution >= 0.6 is 0 Å².